The number of halogens is 2. The van der Waals surface area contributed by atoms with Crippen molar-refractivity contribution in [3.63, 3.8) is 0 Å². The number of aromatic nitrogens is 3. The summed E-state index contributed by atoms with van der Waals surface area (Å²) in [4.78, 5) is 3.97. The Balaban J connectivity index is 1.96. The average Bonchev–Trinajstić information content (AvgIpc) is 3.10. The van der Waals surface area contributed by atoms with Gasteiger partial charge in [-0.15, -0.1) is 0 Å². The molecular weight excluding hydrogens is 325 g/mol. The molecule has 22 heavy (non-hydrogen) atoms. The predicted octanol–water partition coefficient (Wildman–Crippen LogP) is 3.65. The first-order valence-electron chi connectivity index (χ1n) is 7.22. The molecule has 0 aliphatic carbocycles. The summed E-state index contributed by atoms with van der Waals surface area (Å²) < 4.78 is 14.0. The van der Waals surface area contributed by atoms with Crippen LogP contribution in [-0.2, 0) is 21.8 Å². The van der Waals surface area contributed by atoms with E-state index in [0.717, 1.165) is 18.4 Å². The zero-order chi connectivity index (χ0) is 15.6. The highest BCUT2D eigenvalue weighted by molar-refractivity contribution is 6.35. The lowest BCUT2D eigenvalue weighted by molar-refractivity contribution is -0.189. The van der Waals surface area contributed by atoms with Gasteiger partial charge in [0.2, 0.25) is 5.79 Å². The van der Waals surface area contributed by atoms with E-state index in [4.69, 9.17) is 32.7 Å². The summed E-state index contributed by atoms with van der Waals surface area (Å²) in [7, 11) is 0. The van der Waals surface area contributed by atoms with Crippen molar-refractivity contribution in [1.29, 1.82) is 0 Å². The molecule has 1 aliphatic rings. The maximum absolute atomic E-state index is 6.37. The Morgan fingerprint density at radius 1 is 1.41 bits per heavy atom. The van der Waals surface area contributed by atoms with Crippen LogP contribution in [0.2, 0.25) is 10.0 Å². The maximum Gasteiger partial charge on any atom is 0.217 e. The number of rotatable bonds is 5. The second-order valence-electron chi connectivity index (χ2n) is 5.31. The van der Waals surface area contributed by atoms with Gasteiger partial charge in [0.25, 0.3) is 0 Å². The zero-order valence-corrected chi connectivity index (χ0v) is 13.7. The molecule has 0 radical (unpaired) electrons. The Labute approximate surface area is 139 Å². The van der Waals surface area contributed by atoms with E-state index in [1.165, 1.54) is 6.33 Å². The van der Waals surface area contributed by atoms with Gasteiger partial charge in [-0.2, -0.15) is 5.10 Å². The predicted molar refractivity (Wildman–Crippen MR) is 83.9 cm³/mol. The Morgan fingerprint density at radius 2 is 2.27 bits per heavy atom. The van der Waals surface area contributed by atoms with Gasteiger partial charge in [-0.05, 0) is 18.6 Å². The molecule has 1 aromatic carbocycles. The van der Waals surface area contributed by atoms with Crippen molar-refractivity contribution < 1.29 is 9.47 Å². The van der Waals surface area contributed by atoms with E-state index in [1.807, 2.05) is 6.07 Å². The highest BCUT2D eigenvalue weighted by atomic mass is 35.5. The molecule has 1 saturated heterocycles. The number of hydrogen-bond donors (Lipinski definition) is 0. The minimum atomic E-state index is -0.963. The van der Waals surface area contributed by atoms with Gasteiger partial charge < -0.3 is 9.47 Å². The van der Waals surface area contributed by atoms with E-state index in [2.05, 4.69) is 17.0 Å². The number of ether oxygens (including phenoxy) is 2. The van der Waals surface area contributed by atoms with E-state index in [1.54, 1.807) is 23.1 Å². The lowest BCUT2D eigenvalue weighted by atomic mass is 10.1. The van der Waals surface area contributed by atoms with Gasteiger partial charge in [-0.3, -0.25) is 0 Å². The molecule has 5 nitrogen and oxygen atoms in total. The molecule has 0 N–H and O–H groups in total. The van der Waals surface area contributed by atoms with Crippen LogP contribution < -0.4 is 0 Å². The van der Waals surface area contributed by atoms with Gasteiger partial charge >= 0.3 is 0 Å². The van der Waals surface area contributed by atoms with Crippen LogP contribution in [0.25, 0.3) is 0 Å². The summed E-state index contributed by atoms with van der Waals surface area (Å²) >= 11 is 12.4. The molecule has 0 saturated carbocycles. The fourth-order valence-corrected chi connectivity index (χ4v) is 3.22. The van der Waals surface area contributed by atoms with E-state index in [9.17, 15) is 0 Å². The largest absolute Gasteiger partial charge is 0.342 e. The lowest BCUT2D eigenvalue weighted by Gasteiger charge is -2.29. The second-order valence-corrected chi connectivity index (χ2v) is 6.15. The highest BCUT2D eigenvalue weighted by Gasteiger charge is 2.45. The Kier molecular flexibility index (Phi) is 4.68. The standard InChI is InChI=1S/C15H17Cl2N3O2/c1-2-3-12-7-21-15(22-12,8-20-10-18-9-19-20)13-5-4-11(16)6-14(13)17/h4-6,9-10,12H,2-3,7-8H2,1H3/t12-,15+/m0/s1. The molecule has 0 unspecified atom stereocenters. The molecule has 1 fully saturated rings. The summed E-state index contributed by atoms with van der Waals surface area (Å²) in [5.74, 6) is -0.963. The minimum absolute atomic E-state index is 0.0419. The quantitative estimate of drug-likeness (QED) is 0.832. The number of benzene rings is 1. The normalized spacial score (nSPS) is 24.8. The van der Waals surface area contributed by atoms with Crippen LogP contribution in [-0.4, -0.2) is 27.5 Å². The molecule has 2 atom stereocenters. The van der Waals surface area contributed by atoms with Crippen LogP contribution in [0.4, 0.5) is 0 Å². The van der Waals surface area contributed by atoms with Crippen molar-refractivity contribution >= 4 is 23.2 Å². The van der Waals surface area contributed by atoms with E-state index in [-0.39, 0.29) is 6.10 Å². The van der Waals surface area contributed by atoms with Gasteiger partial charge in [0.05, 0.1) is 17.7 Å². The van der Waals surface area contributed by atoms with Crippen molar-refractivity contribution in [3.8, 4) is 0 Å². The van der Waals surface area contributed by atoms with Crippen LogP contribution in [0.1, 0.15) is 25.3 Å². The van der Waals surface area contributed by atoms with Crippen LogP contribution in [0.15, 0.2) is 30.9 Å². The summed E-state index contributed by atoms with van der Waals surface area (Å²) in [5.41, 5.74) is 0.757. The minimum Gasteiger partial charge on any atom is -0.342 e. The second kappa shape index (κ2) is 6.54. The first-order chi connectivity index (χ1) is 10.6. The molecule has 0 spiro atoms. The van der Waals surface area contributed by atoms with Gasteiger partial charge in [0.15, 0.2) is 0 Å². The molecule has 2 heterocycles. The monoisotopic (exact) mass is 341 g/mol. The van der Waals surface area contributed by atoms with Crippen molar-refractivity contribution in [2.45, 2.75) is 38.2 Å². The fourth-order valence-electron chi connectivity index (χ4n) is 2.66. The number of nitrogens with zero attached hydrogens (tertiary/aromatic N) is 3. The first-order valence-corrected chi connectivity index (χ1v) is 7.98. The van der Waals surface area contributed by atoms with Crippen LogP contribution >= 0.6 is 23.2 Å². The molecule has 1 aromatic heterocycles. The molecule has 3 rings (SSSR count). The summed E-state index contributed by atoms with van der Waals surface area (Å²) in [5, 5.41) is 5.24. The molecule has 7 heteroatoms. The molecule has 1 aliphatic heterocycles. The van der Waals surface area contributed by atoms with Crippen molar-refractivity contribution in [3.05, 3.63) is 46.5 Å². The van der Waals surface area contributed by atoms with Gasteiger partial charge in [0, 0.05) is 10.6 Å². The highest BCUT2D eigenvalue weighted by Crippen LogP contribution is 2.41. The van der Waals surface area contributed by atoms with E-state index >= 15 is 0 Å². The topological polar surface area (TPSA) is 49.2 Å². The molecule has 0 amide bonds. The van der Waals surface area contributed by atoms with E-state index in [0.29, 0.717) is 23.2 Å². The fraction of sp³-hybridized carbons (Fsp3) is 0.467. The summed E-state index contributed by atoms with van der Waals surface area (Å²) in [6.45, 7) is 3.03. The van der Waals surface area contributed by atoms with Crippen molar-refractivity contribution in [2.75, 3.05) is 6.61 Å². The van der Waals surface area contributed by atoms with Crippen molar-refractivity contribution in [1.82, 2.24) is 14.8 Å². The Bertz CT molecular complexity index is 636. The molecular formula is C15H17Cl2N3O2. The van der Waals surface area contributed by atoms with Crippen LogP contribution in [0.3, 0.4) is 0 Å². The average molecular weight is 342 g/mol. The number of hydrogen-bond acceptors (Lipinski definition) is 4. The van der Waals surface area contributed by atoms with Crippen LogP contribution in [0, 0.1) is 0 Å². The molecule has 2 aromatic rings. The third-order valence-electron chi connectivity index (χ3n) is 3.65. The smallest absolute Gasteiger partial charge is 0.217 e. The lowest BCUT2D eigenvalue weighted by Crippen LogP contribution is -2.34. The van der Waals surface area contributed by atoms with Crippen molar-refractivity contribution in [2.24, 2.45) is 0 Å². The third-order valence-corrected chi connectivity index (χ3v) is 4.20. The summed E-state index contributed by atoms with van der Waals surface area (Å²) in [6, 6.07) is 5.32. The maximum atomic E-state index is 6.37. The Hall–Kier alpha value is -1.14. The third kappa shape index (κ3) is 3.13. The SMILES string of the molecule is CCC[C@H]1CO[C@@](Cn2cncn2)(c2ccc(Cl)cc2Cl)O1. The first kappa shape index (κ1) is 15.7. The van der Waals surface area contributed by atoms with E-state index < -0.39 is 5.79 Å². The van der Waals surface area contributed by atoms with Gasteiger partial charge in [-0.1, -0.05) is 42.6 Å². The summed E-state index contributed by atoms with van der Waals surface area (Å²) in [6.07, 6.45) is 5.12. The molecule has 0 bridgehead atoms. The van der Waals surface area contributed by atoms with Gasteiger partial charge in [0.1, 0.15) is 19.2 Å². The zero-order valence-electron chi connectivity index (χ0n) is 12.2. The van der Waals surface area contributed by atoms with Gasteiger partial charge in [-0.25, -0.2) is 9.67 Å². The Morgan fingerprint density at radius 3 is 2.95 bits per heavy atom. The van der Waals surface area contributed by atoms with Crippen LogP contribution in [0.5, 0.6) is 0 Å². The molecule has 118 valence electrons.